The molecular weight excluding hydrogens is 345 g/mol. The Morgan fingerprint density at radius 1 is 1.30 bits per heavy atom. The minimum Gasteiger partial charge on any atom is -0.487 e. The molecule has 0 radical (unpaired) electrons. The Morgan fingerprint density at radius 3 is 2.78 bits per heavy atom. The molecule has 1 aromatic heterocycles. The molecule has 3 heterocycles. The number of para-hydroxylation sites is 1. The maximum atomic E-state index is 14.8. The van der Waals surface area contributed by atoms with E-state index >= 15 is 0 Å². The molecule has 1 saturated heterocycles. The average molecular weight is 369 g/mol. The lowest BCUT2D eigenvalue weighted by molar-refractivity contribution is 0.0786. The fourth-order valence-electron chi connectivity index (χ4n) is 3.83. The number of hydrogen-bond donors (Lipinski definition) is 0. The van der Waals surface area contributed by atoms with E-state index in [9.17, 15) is 9.18 Å². The fraction of sp³-hybridized carbons (Fsp3) is 0.429. The maximum absolute atomic E-state index is 14.8. The second-order valence-corrected chi connectivity index (χ2v) is 7.16. The van der Waals surface area contributed by atoms with Crippen LogP contribution in [0.25, 0.3) is 0 Å². The third-order valence-electron chi connectivity index (χ3n) is 5.32. The first-order valence-corrected chi connectivity index (χ1v) is 9.47. The summed E-state index contributed by atoms with van der Waals surface area (Å²) in [6, 6.07) is 11.3. The minimum atomic E-state index is -1.10. The number of aromatic nitrogens is 1. The predicted octanol–water partition coefficient (Wildman–Crippen LogP) is 3.36. The monoisotopic (exact) mass is 369 g/mol. The number of alkyl halides is 1. The van der Waals surface area contributed by atoms with Crippen LogP contribution in [-0.4, -0.2) is 47.7 Å². The molecular formula is C21H24FN3O2. The largest absolute Gasteiger partial charge is 0.487 e. The zero-order valence-electron chi connectivity index (χ0n) is 15.7. The summed E-state index contributed by atoms with van der Waals surface area (Å²) in [7, 11) is 0. The zero-order valence-corrected chi connectivity index (χ0v) is 15.7. The van der Waals surface area contributed by atoms with Crippen molar-refractivity contribution >= 4 is 11.7 Å². The first-order chi connectivity index (χ1) is 13.1. The van der Waals surface area contributed by atoms with Crippen LogP contribution in [0, 0.1) is 6.92 Å². The van der Waals surface area contributed by atoms with Gasteiger partial charge in [0.25, 0.3) is 5.91 Å². The fourth-order valence-corrected chi connectivity index (χ4v) is 3.83. The van der Waals surface area contributed by atoms with Crippen molar-refractivity contribution in [3.05, 3.63) is 53.2 Å². The summed E-state index contributed by atoms with van der Waals surface area (Å²) >= 11 is 0. The van der Waals surface area contributed by atoms with E-state index in [1.165, 1.54) is 0 Å². The molecule has 2 atom stereocenters. The molecule has 0 bridgehead atoms. The molecule has 2 aliphatic heterocycles. The van der Waals surface area contributed by atoms with Gasteiger partial charge in [-0.2, -0.15) is 0 Å². The first kappa shape index (κ1) is 17.8. The molecule has 142 valence electrons. The molecule has 1 aromatic carbocycles. The highest BCUT2D eigenvalue weighted by molar-refractivity contribution is 5.98. The molecule has 27 heavy (non-hydrogen) atoms. The Balaban J connectivity index is 1.49. The van der Waals surface area contributed by atoms with Gasteiger partial charge in [-0.15, -0.1) is 0 Å². The molecule has 4 rings (SSSR count). The van der Waals surface area contributed by atoms with Crippen LogP contribution in [-0.2, 0) is 6.54 Å². The molecule has 0 aliphatic carbocycles. The number of nitrogens with zero attached hydrogens (tertiary/aromatic N) is 3. The summed E-state index contributed by atoms with van der Waals surface area (Å²) in [6.07, 6.45) is -0.952. The first-order valence-electron chi connectivity index (χ1n) is 9.47. The second kappa shape index (κ2) is 7.18. The van der Waals surface area contributed by atoms with Crippen LogP contribution >= 0.6 is 0 Å². The molecule has 1 amide bonds. The van der Waals surface area contributed by atoms with Gasteiger partial charge in [-0.1, -0.05) is 18.2 Å². The molecule has 6 heteroatoms. The van der Waals surface area contributed by atoms with Gasteiger partial charge in [0.2, 0.25) is 0 Å². The van der Waals surface area contributed by atoms with Crippen molar-refractivity contribution in [1.82, 2.24) is 9.88 Å². The van der Waals surface area contributed by atoms with Crippen molar-refractivity contribution in [2.75, 3.05) is 24.5 Å². The van der Waals surface area contributed by atoms with Gasteiger partial charge in [0.15, 0.2) is 6.17 Å². The maximum Gasteiger partial charge on any atom is 0.256 e. The van der Waals surface area contributed by atoms with Gasteiger partial charge in [0.05, 0.1) is 24.3 Å². The number of carbonyl (C=O) groups excluding carboxylic acids is 1. The zero-order chi connectivity index (χ0) is 19.0. The number of anilines is 1. The number of rotatable bonds is 4. The van der Waals surface area contributed by atoms with Crippen LogP contribution in [0.1, 0.15) is 35.0 Å². The van der Waals surface area contributed by atoms with Crippen LogP contribution in [0.15, 0.2) is 36.4 Å². The summed E-state index contributed by atoms with van der Waals surface area (Å²) in [4.78, 5) is 20.8. The summed E-state index contributed by atoms with van der Waals surface area (Å²) in [5, 5.41) is 0. The molecule has 2 aliphatic rings. The lowest BCUT2D eigenvalue weighted by atomic mass is 10.0. The second-order valence-electron chi connectivity index (χ2n) is 7.16. The smallest absolute Gasteiger partial charge is 0.256 e. The number of aryl methyl sites for hydroxylation is 1. The standard InChI is InChI=1S/C21H24FN3O2/c1-3-24-13-18-16(21(24)26)11-14(2)20(23-18)25-10-9-19(17(22)12-25)27-15-7-5-4-6-8-15/h4-8,11,17,19H,3,9-10,12-13H2,1-2H3/t17-,19+/m0/s1. The minimum absolute atomic E-state index is 0.0352. The third kappa shape index (κ3) is 3.36. The van der Waals surface area contributed by atoms with E-state index in [1.807, 2.05) is 55.1 Å². The normalized spacial score (nSPS) is 22.1. The van der Waals surface area contributed by atoms with E-state index in [0.717, 1.165) is 17.1 Å². The Morgan fingerprint density at radius 2 is 2.07 bits per heavy atom. The van der Waals surface area contributed by atoms with E-state index in [1.54, 1.807) is 4.90 Å². The molecule has 0 unspecified atom stereocenters. The Hall–Kier alpha value is -2.63. The van der Waals surface area contributed by atoms with Crippen LogP contribution in [0.3, 0.4) is 0 Å². The quantitative estimate of drug-likeness (QED) is 0.829. The lowest BCUT2D eigenvalue weighted by Crippen LogP contribution is -2.47. The number of piperidine rings is 1. The summed E-state index contributed by atoms with van der Waals surface area (Å²) in [6.45, 7) is 6.02. The van der Waals surface area contributed by atoms with Crippen molar-refractivity contribution in [3.8, 4) is 5.75 Å². The molecule has 1 fully saturated rings. The van der Waals surface area contributed by atoms with Gasteiger partial charge in [-0.05, 0) is 37.6 Å². The van der Waals surface area contributed by atoms with Crippen molar-refractivity contribution in [2.24, 2.45) is 0 Å². The topological polar surface area (TPSA) is 45.7 Å². The highest BCUT2D eigenvalue weighted by atomic mass is 19.1. The van der Waals surface area contributed by atoms with Gasteiger partial charge >= 0.3 is 0 Å². The molecule has 5 nitrogen and oxygen atoms in total. The van der Waals surface area contributed by atoms with E-state index < -0.39 is 12.3 Å². The Labute approximate surface area is 158 Å². The van der Waals surface area contributed by atoms with E-state index in [2.05, 4.69) is 0 Å². The Kier molecular flexibility index (Phi) is 4.72. The number of hydrogen-bond acceptors (Lipinski definition) is 4. The summed E-state index contributed by atoms with van der Waals surface area (Å²) in [5.41, 5.74) is 2.38. The summed E-state index contributed by atoms with van der Waals surface area (Å²) < 4.78 is 20.6. The lowest BCUT2D eigenvalue weighted by Gasteiger charge is -2.36. The van der Waals surface area contributed by atoms with Crippen LogP contribution in [0.2, 0.25) is 0 Å². The molecule has 0 spiro atoms. The van der Waals surface area contributed by atoms with Gasteiger partial charge in [-0.3, -0.25) is 4.79 Å². The van der Waals surface area contributed by atoms with E-state index in [0.29, 0.717) is 37.4 Å². The summed E-state index contributed by atoms with van der Waals surface area (Å²) in [5.74, 6) is 1.51. The number of halogens is 1. The van der Waals surface area contributed by atoms with E-state index in [-0.39, 0.29) is 12.5 Å². The van der Waals surface area contributed by atoms with Gasteiger partial charge in [-0.25, -0.2) is 9.37 Å². The van der Waals surface area contributed by atoms with Crippen LogP contribution in [0.4, 0.5) is 10.2 Å². The van der Waals surface area contributed by atoms with Gasteiger partial charge < -0.3 is 14.5 Å². The van der Waals surface area contributed by atoms with Crippen molar-refractivity contribution in [3.63, 3.8) is 0 Å². The molecule has 2 aromatic rings. The van der Waals surface area contributed by atoms with Crippen molar-refractivity contribution < 1.29 is 13.9 Å². The molecule has 0 saturated carbocycles. The average Bonchev–Trinajstić information content (AvgIpc) is 2.99. The van der Waals surface area contributed by atoms with Crippen molar-refractivity contribution in [1.29, 1.82) is 0 Å². The van der Waals surface area contributed by atoms with E-state index in [4.69, 9.17) is 9.72 Å². The highest BCUT2D eigenvalue weighted by Crippen LogP contribution is 2.30. The van der Waals surface area contributed by atoms with Crippen molar-refractivity contribution in [2.45, 2.75) is 39.1 Å². The third-order valence-corrected chi connectivity index (χ3v) is 5.32. The van der Waals surface area contributed by atoms with Gasteiger partial charge in [0, 0.05) is 19.5 Å². The number of carbonyl (C=O) groups is 1. The predicted molar refractivity (Wildman–Crippen MR) is 102 cm³/mol. The molecule has 0 N–H and O–H groups in total. The number of benzene rings is 1. The van der Waals surface area contributed by atoms with Crippen LogP contribution < -0.4 is 9.64 Å². The number of amides is 1. The van der Waals surface area contributed by atoms with Gasteiger partial charge in [0.1, 0.15) is 17.7 Å². The number of pyridine rings is 1. The Bertz CT molecular complexity index is 843. The SMILES string of the molecule is CCN1Cc2nc(N3CC[C@@H](Oc4ccccc4)[C@@H](F)C3)c(C)cc2C1=O. The van der Waals surface area contributed by atoms with Crippen LogP contribution in [0.5, 0.6) is 5.75 Å². The number of fused-ring (bicyclic) bond motifs is 1. The highest BCUT2D eigenvalue weighted by Gasteiger charge is 2.34. The number of ether oxygens (including phenoxy) is 1.